The number of aromatic nitrogens is 2. The molecule has 2 aliphatic carbocycles. The number of nitrogens with zero attached hydrogens (tertiary/aromatic N) is 3. The van der Waals surface area contributed by atoms with E-state index in [1.807, 2.05) is 13.8 Å². The van der Waals surface area contributed by atoms with Gasteiger partial charge in [0.15, 0.2) is 17.3 Å². The van der Waals surface area contributed by atoms with Crippen molar-refractivity contribution in [3.63, 3.8) is 0 Å². The van der Waals surface area contributed by atoms with Gasteiger partial charge in [-0.15, -0.1) is 0 Å². The third kappa shape index (κ3) is 9.59. The average Bonchev–Trinajstić information content (AvgIpc) is 3.57. The lowest BCUT2D eigenvalue weighted by molar-refractivity contribution is -0.146. The smallest absolute Gasteiger partial charge is 0.246 e. The molecule has 1 aromatic rings. The minimum Gasteiger partial charge on any atom is -0.344 e. The Kier molecular flexibility index (Phi) is 13.3. The molecular formula is C36H52F2N4O6. The first-order valence-corrected chi connectivity index (χ1v) is 16.9. The van der Waals surface area contributed by atoms with Crippen LogP contribution in [0.5, 0.6) is 0 Å². The zero-order valence-electron chi connectivity index (χ0n) is 28.0. The van der Waals surface area contributed by atoms with Crippen LogP contribution in [0.25, 0.3) is 0 Å². The highest BCUT2D eigenvalue weighted by Crippen LogP contribution is 2.44. The van der Waals surface area contributed by atoms with Crippen LogP contribution >= 0.6 is 0 Å². The predicted octanol–water partition coefficient (Wildman–Crippen LogP) is 5.28. The number of hydrogen-bond acceptors (Lipinski definition) is 8. The van der Waals surface area contributed by atoms with Gasteiger partial charge < -0.3 is 10.2 Å². The summed E-state index contributed by atoms with van der Waals surface area (Å²) in [5.41, 5.74) is -0.657. The number of amides is 2. The highest BCUT2D eigenvalue weighted by Gasteiger charge is 2.52. The number of nitrogens with one attached hydrogen (secondary N) is 1. The lowest BCUT2D eigenvalue weighted by Gasteiger charge is -2.37. The van der Waals surface area contributed by atoms with Gasteiger partial charge >= 0.3 is 0 Å². The first-order chi connectivity index (χ1) is 22.1. The minimum absolute atomic E-state index is 0. The van der Waals surface area contributed by atoms with E-state index in [0.29, 0.717) is 6.42 Å². The first kappa shape index (κ1) is 39.0. The summed E-state index contributed by atoms with van der Waals surface area (Å²) in [6.07, 6.45) is 3.72. The molecule has 2 unspecified atom stereocenters. The van der Waals surface area contributed by atoms with Crippen molar-refractivity contribution in [3.8, 4) is 0 Å². The standard InChI is InChI=1S/C35H48F2N4O6.CH4/c1-19(2)24(16-26(42)25-17-38-11-12-39-25)33(46)40-32(35(3,4)5)34(47)41-18-21-7-6-8-23(21)30(41)27(43)14-22(15-29(36)37)31(45)28(44)13-20-9-10-20;/h11-12,17,19-24,29-30,32H,6-10,13-16,18H2,1-5H3,(H,40,46);1H4/t21-,22?,23-,24+,30?,32+;/m0./s1. The van der Waals surface area contributed by atoms with Gasteiger partial charge in [-0.3, -0.25) is 33.8 Å². The van der Waals surface area contributed by atoms with Gasteiger partial charge in [0.2, 0.25) is 24.0 Å². The molecule has 3 fully saturated rings. The molecule has 2 saturated carbocycles. The second-order valence-corrected chi connectivity index (χ2v) is 15.1. The van der Waals surface area contributed by atoms with Crippen molar-refractivity contribution in [3.05, 3.63) is 24.3 Å². The van der Waals surface area contributed by atoms with Gasteiger partial charge in [0.05, 0.1) is 12.2 Å². The zero-order chi connectivity index (χ0) is 34.6. The lowest BCUT2D eigenvalue weighted by Crippen LogP contribution is -2.58. The van der Waals surface area contributed by atoms with Crippen molar-refractivity contribution in [2.24, 2.45) is 40.9 Å². The average molecular weight is 675 g/mol. The summed E-state index contributed by atoms with van der Waals surface area (Å²) in [5.74, 6) is -5.98. The zero-order valence-corrected chi connectivity index (χ0v) is 28.0. The summed E-state index contributed by atoms with van der Waals surface area (Å²) >= 11 is 0. The van der Waals surface area contributed by atoms with E-state index in [4.69, 9.17) is 0 Å². The third-order valence-corrected chi connectivity index (χ3v) is 10.0. The van der Waals surface area contributed by atoms with Crippen LogP contribution < -0.4 is 5.32 Å². The molecule has 0 spiro atoms. The Morgan fingerprint density at radius 3 is 2.25 bits per heavy atom. The molecule has 2 heterocycles. The van der Waals surface area contributed by atoms with E-state index in [9.17, 15) is 37.5 Å². The highest BCUT2D eigenvalue weighted by atomic mass is 19.3. The van der Waals surface area contributed by atoms with Crippen molar-refractivity contribution >= 4 is 34.9 Å². The third-order valence-electron chi connectivity index (χ3n) is 10.0. The van der Waals surface area contributed by atoms with E-state index in [-0.39, 0.29) is 62.0 Å². The fourth-order valence-electron chi connectivity index (χ4n) is 7.16. The van der Waals surface area contributed by atoms with Crippen LogP contribution in [0.1, 0.15) is 110 Å². The summed E-state index contributed by atoms with van der Waals surface area (Å²) in [5, 5.41) is 2.89. The SMILES string of the molecule is C.CC(C)[C@@H](CC(=O)c1cnccn1)C(=O)N[C@H](C(=O)N1C[C@@H]2CCC[C@@H]2C1C(=O)CC(CC(F)F)C(=O)C(=O)CC1CC1)C(C)(C)C. The molecule has 1 N–H and O–H groups in total. The van der Waals surface area contributed by atoms with E-state index in [2.05, 4.69) is 15.3 Å². The Hall–Kier alpha value is -3.44. The van der Waals surface area contributed by atoms with E-state index >= 15 is 0 Å². The number of fused-ring (bicyclic) bond motifs is 1. The van der Waals surface area contributed by atoms with Crippen LogP contribution in [0.4, 0.5) is 8.78 Å². The second-order valence-electron chi connectivity index (χ2n) is 15.1. The van der Waals surface area contributed by atoms with Crippen molar-refractivity contribution in [2.45, 2.75) is 118 Å². The Morgan fingerprint density at radius 1 is 1.00 bits per heavy atom. The molecule has 0 aromatic carbocycles. The number of carbonyl (C=O) groups excluding carboxylic acids is 6. The first-order valence-electron chi connectivity index (χ1n) is 16.9. The topological polar surface area (TPSA) is 143 Å². The molecule has 4 rings (SSSR count). The van der Waals surface area contributed by atoms with Crippen LogP contribution in [0, 0.1) is 40.9 Å². The maximum atomic E-state index is 14.4. The fraction of sp³-hybridized carbons (Fsp3) is 0.722. The summed E-state index contributed by atoms with van der Waals surface area (Å²) in [7, 11) is 0. The normalized spacial score (nSPS) is 22.4. The summed E-state index contributed by atoms with van der Waals surface area (Å²) in [6, 6.07) is -2.00. The van der Waals surface area contributed by atoms with Crippen LogP contribution in [0.3, 0.4) is 0 Å². The molecule has 6 atom stereocenters. The maximum Gasteiger partial charge on any atom is 0.246 e. The van der Waals surface area contributed by atoms with Gasteiger partial charge in [0.25, 0.3) is 0 Å². The number of carbonyl (C=O) groups is 6. The van der Waals surface area contributed by atoms with E-state index in [1.54, 1.807) is 20.8 Å². The Labute approximate surface area is 282 Å². The molecule has 1 aromatic heterocycles. The number of hydrogen-bond donors (Lipinski definition) is 1. The Bertz CT molecular complexity index is 1340. The number of halogens is 2. The molecular weight excluding hydrogens is 622 g/mol. The Balaban J connectivity index is 0.00000625. The Morgan fingerprint density at radius 2 is 1.69 bits per heavy atom. The van der Waals surface area contributed by atoms with Crippen molar-refractivity contribution in [2.75, 3.05) is 6.54 Å². The molecule has 10 nitrogen and oxygen atoms in total. The van der Waals surface area contributed by atoms with Gasteiger partial charge in [-0.2, -0.15) is 0 Å². The summed E-state index contributed by atoms with van der Waals surface area (Å²) in [4.78, 5) is 90.0. The van der Waals surface area contributed by atoms with Gasteiger partial charge in [-0.05, 0) is 54.8 Å². The molecule has 2 amide bonds. The number of alkyl halides is 2. The molecule has 3 aliphatic rings. The van der Waals surface area contributed by atoms with Gasteiger partial charge in [-0.1, -0.05) is 48.5 Å². The number of ketones is 4. The van der Waals surface area contributed by atoms with E-state index in [1.165, 1.54) is 23.5 Å². The van der Waals surface area contributed by atoms with Crippen molar-refractivity contribution in [1.29, 1.82) is 0 Å². The van der Waals surface area contributed by atoms with Crippen LogP contribution in [0.15, 0.2) is 18.6 Å². The van der Waals surface area contributed by atoms with Crippen LogP contribution in [-0.4, -0.2) is 74.9 Å². The number of Topliss-reactive ketones (excluding diaryl/α,β-unsaturated/α-hetero) is 4. The summed E-state index contributed by atoms with van der Waals surface area (Å²) < 4.78 is 27.2. The quantitative estimate of drug-likeness (QED) is 0.184. The monoisotopic (exact) mass is 674 g/mol. The predicted molar refractivity (Wildman–Crippen MR) is 175 cm³/mol. The minimum atomic E-state index is -2.87. The molecule has 0 radical (unpaired) electrons. The maximum absolute atomic E-state index is 14.4. The van der Waals surface area contributed by atoms with Crippen LogP contribution in [-0.2, 0) is 24.0 Å². The molecule has 48 heavy (non-hydrogen) atoms. The number of rotatable bonds is 16. The molecule has 1 saturated heterocycles. The largest absolute Gasteiger partial charge is 0.344 e. The van der Waals surface area contributed by atoms with E-state index in [0.717, 1.165) is 25.7 Å². The molecule has 1 aliphatic heterocycles. The fourth-order valence-corrected chi connectivity index (χ4v) is 7.16. The highest BCUT2D eigenvalue weighted by molar-refractivity contribution is 6.38. The van der Waals surface area contributed by atoms with Gasteiger partial charge in [0, 0.05) is 56.5 Å². The molecule has 0 bridgehead atoms. The second kappa shape index (κ2) is 16.3. The number of likely N-dealkylation sites (tertiary alicyclic amines) is 1. The lowest BCUT2D eigenvalue weighted by atomic mass is 9.82. The van der Waals surface area contributed by atoms with Crippen molar-refractivity contribution < 1.29 is 37.5 Å². The van der Waals surface area contributed by atoms with Crippen LogP contribution in [0.2, 0.25) is 0 Å². The molecule has 266 valence electrons. The van der Waals surface area contributed by atoms with Gasteiger partial charge in [0.1, 0.15) is 11.7 Å². The van der Waals surface area contributed by atoms with E-state index < -0.39 is 77.8 Å². The van der Waals surface area contributed by atoms with Gasteiger partial charge in [-0.25, -0.2) is 13.8 Å². The molecule has 12 heteroatoms. The summed E-state index contributed by atoms with van der Waals surface area (Å²) in [6.45, 7) is 9.27. The van der Waals surface area contributed by atoms with Crippen molar-refractivity contribution in [1.82, 2.24) is 20.2 Å².